The highest BCUT2D eigenvalue weighted by Gasteiger charge is 2.31. The third-order valence-electron chi connectivity index (χ3n) is 8.17. The van der Waals surface area contributed by atoms with Gasteiger partial charge in [0, 0.05) is 68.5 Å². The highest BCUT2D eigenvalue weighted by atomic mass is 35.5. The summed E-state index contributed by atoms with van der Waals surface area (Å²) in [6, 6.07) is 9.60. The molecule has 8 heteroatoms. The third kappa shape index (κ3) is 5.96. The minimum Gasteiger partial charge on any atom is -0.352 e. The van der Waals surface area contributed by atoms with Crippen molar-refractivity contribution in [1.82, 2.24) is 25.0 Å². The van der Waals surface area contributed by atoms with Crippen molar-refractivity contribution in [2.24, 2.45) is 5.92 Å². The van der Waals surface area contributed by atoms with Crippen LogP contribution in [0.5, 0.6) is 0 Å². The van der Waals surface area contributed by atoms with Gasteiger partial charge in [0.2, 0.25) is 5.91 Å². The topological polar surface area (TPSA) is 69.6 Å². The van der Waals surface area contributed by atoms with Crippen LogP contribution >= 0.6 is 11.6 Å². The summed E-state index contributed by atoms with van der Waals surface area (Å²) >= 11 is 6.19. The van der Waals surface area contributed by atoms with Crippen molar-refractivity contribution in [3.8, 4) is 11.1 Å². The Morgan fingerprint density at radius 1 is 1.11 bits per heavy atom. The van der Waals surface area contributed by atoms with Gasteiger partial charge >= 0.3 is 0 Å². The van der Waals surface area contributed by atoms with Crippen molar-refractivity contribution in [2.75, 3.05) is 46.3 Å². The quantitative estimate of drug-likeness (QED) is 0.593. The van der Waals surface area contributed by atoms with Crippen molar-refractivity contribution in [3.63, 3.8) is 0 Å². The molecular formula is C28H38ClN5O2. The van der Waals surface area contributed by atoms with Crippen LogP contribution in [0.25, 0.3) is 11.1 Å². The van der Waals surface area contributed by atoms with Gasteiger partial charge in [-0.25, -0.2) is 0 Å². The van der Waals surface area contributed by atoms with Gasteiger partial charge in [-0.05, 0) is 49.6 Å². The number of halogens is 1. The van der Waals surface area contributed by atoms with Gasteiger partial charge in [-0.1, -0.05) is 43.0 Å². The number of nitrogens with one attached hydrogen (secondary N) is 2. The molecule has 1 aromatic heterocycles. The number of piperazine rings is 1. The second-order valence-electron chi connectivity index (χ2n) is 10.8. The van der Waals surface area contributed by atoms with Crippen molar-refractivity contribution < 1.29 is 9.59 Å². The monoisotopic (exact) mass is 511 g/mol. The molecular weight excluding hydrogens is 474 g/mol. The van der Waals surface area contributed by atoms with E-state index in [-0.39, 0.29) is 23.9 Å². The van der Waals surface area contributed by atoms with E-state index in [1.54, 1.807) is 0 Å². The number of aromatic nitrogens is 1. The van der Waals surface area contributed by atoms with E-state index in [1.165, 1.54) is 32.1 Å². The van der Waals surface area contributed by atoms with E-state index in [4.69, 9.17) is 11.6 Å². The van der Waals surface area contributed by atoms with Crippen LogP contribution in [-0.4, -0.2) is 78.5 Å². The molecule has 2 aliphatic heterocycles. The van der Waals surface area contributed by atoms with E-state index in [0.717, 1.165) is 43.9 Å². The van der Waals surface area contributed by atoms with E-state index in [2.05, 4.69) is 27.5 Å². The molecule has 0 bridgehead atoms. The summed E-state index contributed by atoms with van der Waals surface area (Å²) in [5, 5.41) is 7.08. The molecule has 0 spiro atoms. The number of rotatable bonds is 7. The molecule has 2 amide bonds. The second-order valence-corrected chi connectivity index (χ2v) is 11.2. The fraction of sp³-hybridized carbons (Fsp3) is 0.571. The van der Waals surface area contributed by atoms with Gasteiger partial charge in [-0.2, -0.15) is 0 Å². The average molecular weight is 512 g/mol. The Morgan fingerprint density at radius 3 is 2.64 bits per heavy atom. The first-order valence-electron chi connectivity index (χ1n) is 13.4. The normalized spacial score (nSPS) is 22.6. The van der Waals surface area contributed by atoms with Crippen LogP contribution in [-0.2, 0) is 4.79 Å². The summed E-state index contributed by atoms with van der Waals surface area (Å²) in [6.45, 7) is 5.66. The summed E-state index contributed by atoms with van der Waals surface area (Å²) in [7, 11) is 2.17. The van der Waals surface area contributed by atoms with Crippen LogP contribution in [0.3, 0.4) is 0 Å². The third-order valence-corrected chi connectivity index (χ3v) is 8.40. The summed E-state index contributed by atoms with van der Waals surface area (Å²) in [4.78, 5) is 30.9. The highest BCUT2D eigenvalue weighted by Crippen LogP contribution is 2.30. The van der Waals surface area contributed by atoms with Gasteiger partial charge in [-0.3, -0.25) is 14.5 Å². The summed E-state index contributed by atoms with van der Waals surface area (Å²) in [6.07, 6.45) is 8.55. The first-order chi connectivity index (χ1) is 17.5. The van der Waals surface area contributed by atoms with Gasteiger partial charge in [-0.15, -0.1) is 0 Å². The maximum absolute atomic E-state index is 13.4. The Hall–Kier alpha value is -2.35. The SMILES string of the molecule is CN1CCN(C[C@H](NC(=O)C[C@H]2CNC(=O)c3cc(-c4cccc(Cl)c4)cn32)C2CCCCC2)CC1. The first kappa shape index (κ1) is 25.3. The van der Waals surface area contributed by atoms with Crippen molar-refractivity contribution >= 4 is 23.4 Å². The number of likely N-dealkylation sites (N-methyl/N-ethyl adjacent to an activating group) is 1. The van der Waals surface area contributed by atoms with Crippen LogP contribution in [0.1, 0.15) is 55.1 Å². The molecule has 5 rings (SSSR count). The molecule has 2 aromatic rings. The van der Waals surface area contributed by atoms with E-state index in [0.29, 0.717) is 29.6 Å². The molecule has 194 valence electrons. The molecule has 3 heterocycles. The maximum Gasteiger partial charge on any atom is 0.268 e. The maximum atomic E-state index is 13.4. The number of carbonyl (C=O) groups is 2. The molecule has 2 fully saturated rings. The number of carbonyl (C=O) groups excluding carboxylic acids is 2. The van der Waals surface area contributed by atoms with Gasteiger partial charge in [0.15, 0.2) is 0 Å². The lowest BCUT2D eigenvalue weighted by Gasteiger charge is -2.38. The lowest BCUT2D eigenvalue weighted by atomic mass is 9.83. The molecule has 2 N–H and O–H groups in total. The Bertz CT molecular complexity index is 1070. The number of fused-ring (bicyclic) bond motifs is 1. The van der Waals surface area contributed by atoms with Crippen LogP contribution in [0.4, 0.5) is 0 Å². The van der Waals surface area contributed by atoms with E-state index in [9.17, 15) is 9.59 Å². The second kappa shape index (κ2) is 11.4. The fourth-order valence-corrected chi connectivity index (χ4v) is 6.19. The van der Waals surface area contributed by atoms with Crippen molar-refractivity contribution in [2.45, 2.75) is 50.6 Å². The Labute approximate surface area is 219 Å². The zero-order valence-electron chi connectivity index (χ0n) is 21.2. The molecule has 1 aromatic carbocycles. The van der Waals surface area contributed by atoms with E-state index < -0.39 is 0 Å². The standard InChI is InChI=1S/C28H38ClN5O2/c1-32-10-12-33(13-11-32)19-25(20-6-3-2-4-7-20)31-27(35)16-24-17-30-28(36)26-15-22(18-34(24)26)21-8-5-9-23(29)14-21/h5,8-9,14-15,18,20,24-25H,2-4,6-7,10-13,16-17,19H2,1H3,(H,30,36)(H,31,35)/t24-,25-/m0/s1. The Balaban J connectivity index is 1.28. The molecule has 1 saturated heterocycles. The fourth-order valence-electron chi connectivity index (χ4n) is 6.00. The Morgan fingerprint density at radius 2 is 1.89 bits per heavy atom. The molecule has 0 unspecified atom stereocenters. The predicted molar refractivity (Wildman–Crippen MR) is 143 cm³/mol. The Kier molecular flexibility index (Phi) is 7.99. The molecule has 1 aliphatic carbocycles. The van der Waals surface area contributed by atoms with Gasteiger partial charge in [0.1, 0.15) is 5.69 Å². The largest absolute Gasteiger partial charge is 0.352 e. The lowest BCUT2D eigenvalue weighted by molar-refractivity contribution is -0.123. The molecule has 0 radical (unpaired) electrons. The number of nitrogens with zero attached hydrogens (tertiary/aromatic N) is 3. The van der Waals surface area contributed by atoms with Crippen LogP contribution in [0.15, 0.2) is 36.5 Å². The van der Waals surface area contributed by atoms with E-state index in [1.807, 2.05) is 41.1 Å². The summed E-state index contributed by atoms with van der Waals surface area (Å²) in [5.41, 5.74) is 2.49. The molecule has 1 saturated carbocycles. The molecule has 36 heavy (non-hydrogen) atoms. The minimum absolute atomic E-state index is 0.0739. The summed E-state index contributed by atoms with van der Waals surface area (Å²) in [5.74, 6) is 0.518. The zero-order chi connectivity index (χ0) is 25.1. The van der Waals surface area contributed by atoms with Gasteiger partial charge in [0.25, 0.3) is 5.91 Å². The summed E-state index contributed by atoms with van der Waals surface area (Å²) < 4.78 is 1.98. The van der Waals surface area contributed by atoms with Gasteiger partial charge in [0.05, 0.1) is 6.04 Å². The average Bonchev–Trinajstić information content (AvgIpc) is 3.34. The molecule has 3 aliphatic rings. The van der Waals surface area contributed by atoms with Crippen LogP contribution in [0.2, 0.25) is 5.02 Å². The zero-order valence-corrected chi connectivity index (χ0v) is 22.0. The van der Waals surface area contributed by atoms with Crippen molar-refractivity contribution in [3.05, 3.63) is 47.2 Å². The smallest absolute Gasteiger partial charge is 0.268 e. The van der Waals surface area contributed by atoms with Crippen LogP contribution in [0, 0.1) is 5.92 Å². The number of hydrogen-bond acceptors (Lipinski definition) is 4. The van der Waals surface area contributed by atoms with E-state index >= 15 is 0 Å². The highest BCUT2D eigenvalue weighted by molar-refractivity contribution is 6.30. The first-order valence-corrected chi connectivity index (χ1v) is 13.8. The lowest BCUT2D eigenvalue weighted by Crippen LogP contribution is -2.53. The number of benzene rings is 1. The van der Waals surface area contributed by atoms with Gasteiger partial charge < -0.3 is 20.1 Å². The molecule has 2 atom stereocenters. The predicted octanol–water partition coefficient (Wildman–Crippen LogP) is 3.80. The number of amides is 2. The van der Waals surface area contributed by atoms with Crippen molar-refractivity contribution in [1.29, 1.82) is 0 Å². The molecule has 7 nitrogen and oxygen atoms in total. The minimum atomic E-state index is -0.110. The number of hydrogen-bond donors (Lipinski definition) is 2. The van der Waals surface area contributed by atoms with Crippen LogP contribution < -0.4 is 10.6 Å².